The second-order valence-corrected chi connectivity index (χ2v) is 11.9. The van der Waals surface area contributed by atoms with Crippen molar-refractivity contribution in [2.45, 2.75) is 23.9 Å². The standard InChI is InChI=1S/C32H30N4O4S2/c1-41-17-16-29(32(38)39)35-31(37)27-15-14-25(18-28(27)23-8-3-2-4-9-23)36(20-24-19-33-21-34-24)42(40)30-13-7-11-22-10-5-6-12-26(22)30/h2-15,18-19,21,29H,16-17,20H2,1H3,(H,33,34)(H,35,37)(H,38,39)/t29-,42?/m0/s1. The summed E-state index contributed by atoms with van der Waals surface area (Å²) in [6.45, 7) is 0.269. The largest absolute Gasteiger partial charge is 0.480 e. The molecule has 1 amide bonds. The van der Waals surface area contributed by atoms with E-state index < -0.39 is 28.9 Å². The predicted octanol–water partition coefficient (Wildman–Crippen LogP) is 5.90. The van der Waals surface area contributed by atoms with E-state index in [0.717, 1.165) is 22.0 Å². The summed E-state index contributed by atoms with van der Waals surface area (Å²) in [4.78, 5) is 33.2. The lowest BCUT2D eigenvalue weighted by Gasteiger charge is -2.25. The van der Waals surface area contributed by atoms with Crippen LogP contribution in [0.15, 0.2) is 108 Å². The minimum atomic E-state index is -1.63. The van der Waals surface area contributed by atoms with Gasteiger partial charge in [0.25, 0.3) is 5.91 Å². The first-order valence-electron chi connectivity index (χ1n) is 13.3. The van der Waals surface area contributed by atoms with Gasteiger partial charge in [-0.1, -0.05) is 66.7 Å². The van der Waals surface area contributed by atoms with Gasteiger partial charge in [-0.25, -0.2) is 14.0 Å². The molecule has 5 rings (SSSR count). The first-order valence-corrected chi connectivity index (χ1v) is 15.8. The van der Waals surface area contributed by atoms with Gasteiger partial charge in [-0.3, -0.25) is 9.10 Å². The number of hydrogen-bond acceptors (Lipinski definition) is 5. The summed E-state index contributed by atoms with van der Waals surface area (Å²) in [5, 5.41) is 14.3. The number of carbonyl (C=O) groups excluding carboxylic acids is 1. The summed E-state index contributed by atoms with van der Waals surface area (Å²) >= 11 is 1.52. The van der Waals surface area contributed by atoms with Gasteiger partial charge in [0.1, 0.15) is 6.04 Å². The zero-order valence-electron chi connectivity index (χ0n) is 22.9. The molecule has 1 unspecified atom stereocenters. The number of hydrogen-bond donors (Lipinski definition) is 3. The third kappa shape index (κ3) is 6.56. The molecule has 0 saturated carbocycles. The van der Waals surface area contributed by atoms with E-state index in [1.807, 2.05) is 85.1 Å². The van der Waals surface area contributed by atoms with Crippen molar-refractivity contribution in [3.05, 3.63) is 115 Å². The Morgan fingerprint density at radius 2 is 1.79 bits per heavy atom. The maximum absolute atomic E-state index is 14.3. The lowest BCUT2D eigenvalue weighted by Crippen LogP contribution is -2.41. The Morgan fingerprint density at radius 1 is 1.02 bits per heavy atom. The van der Waals surface area contributed by atoms with E-state index in [2.05, 4.69) is 15.3 Å². The van der Waals surface area contributed by atoms with E-state index >= 15 is 0 Å². The normalized spacial score (nSPS) is 12.5. The molecule has 214 valence electrons. The Labute approximate surface area is 250 Å². The number of benzene rings is 4. The van der Waals surface area contributed by atoms with Crippen molar-refractivity contribution in [2.75, 3.05) is 16.3 Å². The Kier molecular flexibility index (Phi) is 9.35. The lowest BCUT2D eigenvalue weighted by atomic mass is 9.98. The van der Waals surface area contributed by atoms with Gasteiger partial charge in [0.15, 0.2) is 11.0 Å². The monoisotopic (exact) mass is 598 g/mol. The molecule has 10 heteroatoms. The third-order valence-electron chi connectivity index (χ3n) is 6.84. The molecule has 0 bridgehead atoms. The molecule has 8 nitrogen and oxygen atoms in total. The molecule has 1 aromatic heterocycles. The second-order valence-electron chi connectivity index (χ2n) is 9.58. The highest BCUT2D eigenvalue weighted by molar-refractivity contribution is 7.98. The van der Waals surface area contributed by atoms with E-state index in [1.165, 1.54) is 11.8 Å². The van der Waals surface area contributed by atoms with Crippen LogP contribution in [0, 0.1) is 0 Å². The van der Waals surface area contributed by atoms with Crippen LogP contribution >= 0.6 is 11.8 Å². The van der Waals surface area contributed by atoms with Gasteiger partial charge in [-0.15, -0.1) is 0 Å². The quantitative estimate of drug-likeness (QED) is 0.165. The maximum Gasteiger partial charge on any atom is 0.326 e. The fraction of sp³-hybridized carbons (Fsp3) is 0.156. The van der Waals surface area contributed by atoms with Crippen molar-refractivity contribution in [1.29, 1.82) is 0 Å². The van der Waals surface area contributed by atoms with Crippen LogP contribution in [0.3, 0.4) is 0 Å². The molecule has 0 radical (unpaired) electrons. The van der Waals surface area contributed by atoms with Crippen molar-refractivity contribution in [1.82, 2.24) is 15.3 Å². The number of rotatable bonds is 12. The van der Waals surface area contributed by atoms with Crippen molar-refractivity contribution >= 4 is 51.1 Å². The van der Waals surface area contributed by atoms with E-state index in [0.29, 0.717) is 33.9 Å². The van der Waals surface area contributed by atoms with Crippen LogP contribution in [-0.2, 0) is 22.3 Å². The van der Waals surface area contributed by atoms with Gasteiger partial charge in [0.05, 0.1) is 29.1 Å². The molecule has 4 aromatic carbocycles. The molecule has 0 saturated heterocycles. The first kappa shape index (κ1) is 29.1. The summed E-state index contributed by atoms with van der Waals surface area (Å²) < 4.78 is 16.1. The predicted molar refractivity (Wildman–Crippen MR) is 169 cm³/mol. The molecular formula is C32H30N4O4S2. The van der Waals surface area contributed by atoms with Gasteiger partial charge in [-0.2, -0.15) is 11.8 Å². The number of fused-ring (bicyclic) bond motifs is 1. The zero-order chi connectivity index (χ0) is 29.5. The summed E-state index contributed by atoms with van der Waals surface area (Å²) in [5.74, 6) is -0.958. The number of imidazole rings is 1. The van der Waals surface area contributed by atoms with Gasteiger partial charge in [0.2, 0.25) is 0 Å². The molecule has 1 heterocycles. The molecule has 5 aromatic rings. The second kappa shape index (κ2) is 13.5. The maximum atomic E-state index is 14.3. The van der Waals surface area contributed by atoms with Crippen LogP contribution < -0.4 is 9.62 Å². The van der Waals surface area contributed by atoms with Gasteiger partial charge < -0.3 is 15.4 Å². The van der Waals surface area contributed by atoms with Crippen LogP contribution in [0.5, 0.6) is 0 Å². The highest BCUT2D eigenvalue weighted by Crippen LogP contribution is 2.33. The Morgan fingerprint density at radius 3 is 2.52 bits per heavy atom. The summed E-state index contributed by atoms with van der Waals surface area (Å²) in [6, 6.07) is 27.2. The average Bonchev–Trinajstić information content (AvgIpc) is 3.54. The van der Waals surface area contributed by atoms with Gasteiger partial charge >= 0.3 is 5.97 Å². The number of aromatic amines is 1. The van der Waals surface area contributed by atoms with Gasteiger partial charge in [0, 0.05) is 11.8 Å². The van der Waals surface area contributed by atoms with Crippen molar-refractivity contribution < 1.29 is 18.9 Å². The molecule has 3 N–H and O–H groups in total. The molecule has 0 aliphatic carbocycles. The number of aliphatic carboxylic acids is 1. The molecule has 0 fully saturated rings. The van der Waals surface area contributed by atoms with Crippen LogP contribution in [0.1, 0.15) is 22.5 Å². The van der Waals surface area contributed by atoms with Crippen LogP contribution in [0.2, 0.25) is 0 Å². The minimum Gasteiger partial charge on any atom is -0.480 e. The van der Waals surface area contributed by atoms with Crippen molar-refractivity contribution in [2.24, 2.45) is 0 Å². The van der Waals surface area contributed by atoms with Crippen LogP contribution in [-0.4, -0.2) is 49.2 Å². The van der Waals surface area contributed by atoms with Gasteiger partial charge in [-0.05, 0) is 64.6 Å². The number of anilines is 1. The van der Waals surface area contributed by atoms with Crippen molar-refractivity contribution in [3.63, 3.8) is 0 Å². The average molecular weight is 599 g/mol. The topological polar surface area (TPSA) is 115 Å². The number of amides is 1. The summed E-state index contributed by atoms with van der Waals surface area (Å²) in [7, 11) is -1.63. The molecular weight excluding hydrogens is 569 g/mol. The smallest absolute Gasteiger partial charge is 0.326 e. The minimum absolute atomic E-state index is 0.269. The highest BCUT2D eigenvalue weighted by Gasteiger charge is 2.25. The zero-order valence-corrected chi connectivity index (χ0v) is 24.5. The van der Waals surface area contributed by atoms with Crippen molar-refractivity contribution in [3.8, 4) is 11.1 Å². The van der Waals surface area contributed by atoms with E-state index in [9.17, 15) is 18.9 Å². The van der Waals surface area contributed by atoms with Crippen LogP contribution in [0.25, 0.3) is 21.9 Å². The Balaban J connectivity index is 1.59. The number of nitrogens with zero attached hydrogens (tertiary/aromatic N) is 2. The number of thioether (sulfide) groups is 1. The van der Waals surface area contributed by atoms with E-state index in [-0.39, 0.29) is 6.54 Å². The number of H-pyrrole nitrogens is 1. The fourth-order valence-corrected chi connectivity index (χ4v) is 6.55. The van der Waals surface area contributed by atoms with E-state index in [1.54, 1.807) is 29.0 Å². The highest BCUT2D eigenvalue weighted by atomic mass is 32.2. The first-order chi connectivity index (χ1) is 20.5. The molecule has 42 heavy (non-hydrogen) atoms. The molecule has 0 aliphatic heterocycles. The molecule has 0 spiro atoms. The summed E-state index contributed by atoms with van der Waals surface area (Å²) in [5.41, 5.74) is 3.10. The Bertz CT molecular complexity index is 1710. The fourth-order valence-electron chi connectivity index (χ4n) is 4.71. The van der Waals surface area contributed by atoms with E-state index in [4.69, 9.17) is 0 Å². The molecule has 2 atom stereocenters. The number of carboxylic acid groups (broad SMARTS) is 1. The number of aromatic nitrogens is 2. The molecule has 0 aliphatic rings. The number of nitrogens with one attached hydrogen (secondary N) is 2. The third-order valence-corrected chi connectivity index (χ3v) is 8.96. The Hall–Kier alpha value is -4.41. The van der Waals surface area contributed by atoms with Crippen LogP contribution in [0.4, 0.5) is 5.69 Å². The summed E-state index contributed by atoms with van der Waals surface area (Å²) in [6.07, 6.45) is 5.47. The lowest BCUT2D eigenvalue weighted by molar-refractivity contribution is -0.139. The number of carboxylic acids is 1. The number of carbonyl (C=O) groups is 2. The SMILES string of the molecule is CSCC[C@H](NC(=O)c1ccc(N(Cc2cnc[nH]2)S(=O)c2cccc3ccccc23)cc1-c1ccccc1)C(=O)O.